The molecule has 0 radical (unpaired) electrons. The van der Waals surface area contributed by atoms with Gasteiger partial charge in [0.25, 0.3) is 11.8 Å². The van der Waals surface area contributed by atoms with Crippen molar-refractivity contribution in [3.63, 3.8) is 0 Å². The van der Waals surface area contributed by atoms with Crippen molar-refractivity contribution in [2.45, 2.75) is 27.7 Å². The summed E-state index contributed by atoms with van der Waals surface area (Å²) in [6, 6.07) is 20.9. The minimum Gasteiger partial charge on any atom is -0.318 e. The Balaban J connectivity index is 1.56. The number of anilines is 1. The van der Waals surface area contributed by atoms with Crippen molar-refractivity contribution in [3.05, 3.63) is 100 Å². The van der Waals surface area contributed by atoms with Crippen molar-refractivity contribution in [2.75, 3.05) is 4.90 Å². The zero-order valence-electron chi connectivity index (χ0n) is 20.0. The van der Waals surface area contributed by atoms with Crippen LogP contribution in [0.3, 0.4) is 0 Å². The summed E-state index contributed by atoms with van der Waals surface area (Å²) in [7, 11) is 0. The van der Waals surface area contributed by atoms with E-state index in [0.717, 1.165) is 49.4 Å². The van der Waals surface area contributed by atoms with Crippen molar-refractivity contribution >= 4 is 40.4 Å². The monoisotopic (exact) mass is 463 g/mol. The molecular formula is C29H25N3O3. The Morgan fingerprint density at radius 2 is 1.46 bits per heavy atom. The van der Waals surface area contributed by atoms with E-state index in [1.54, 1.807) is 18.2 Å². The lowest BCUT2D eigenvalue weighted by atomic mass is 10.1. The topological polar surface area (TPSA) is 71.4 Å². The van der Waals surface area contributed by atoms with Crippen LogP contribution in [0.4, 0.5) is 10.5 Å². The Morgan fingerprint density at radius 3 is 2.20 bits per heavy atom. The van der Waals surface area contributed by atoms with Crippen LogP contribution in [0.2, 0.25) is 0 Å². The second-order valence-electron chi connectivity index (χ2n) is 8.92. The number of carbonyl (C=O) groups is 3. The van der Waals surface area contributed by atoms with Gasteiger partial charge in [0.1, 0.15) is 5.57 Å². The number of imide groups is 2. The molecule has 0 saturated carbocycles. The molecule has 5 rings (SSSR count). The molecule has 4 amide bonds. The number of aromatic nitrogens is 1. The SMILES string of the molecule is Cc1ccc(N2C(=O)NC(=O)/C(=C\c3cc(C)n(-c4ccc5ccccc5c4)c3C)C2=O)cc1C. The molecule has 0 atom stereocenters. The smallest absolute Gasteiger partial charge is 0.318 e. The molecule has 6 nitrogen and oxygen atoms in total. The number of barbiturate groups is 1. The van der Waals surface area contributed by atoms with Gasteiger partial charge in [0, 0.05) is 17.1 Å². The summed E-state index contributed by atoms with van der Waals surface area (Å²) in [6.07, 6.45) is 1.57. The third-order valence-electron chi connectivity index (χ3n) is 6.61. The predicted molar refractivity (Wildman–Crippen MR) is 138 cm³/mol. The fraction of sp³-hybridized carbons (Fsp3) is 0.138. The van der Waals surface area contributed by atoms with Crippen LogP contribution in [-0.4, -0.2) is 22.4 Å². The number of carbonyl (C=O) groups excluding carboxylic acids is 3. The zero-order chi connectivity index (χ0) is 24.9. The van der Waals surface area contributed by atoms with Crippen molar-refractivity contribution < 1.29 is 14.4 Å². The number of aryl methyl sites for hydroxylation is 3. The van der Waals surface area contributed by atoms with E-state index in [-0.39, 0.29) is 5.57 Å². The average molecular weight is 464 g/mol. The molecule has 1 N–H and O–H groups in total. The fourth-order valence-electron chi connectivity index (χ4n) is 4.56. The van der Waals surface area contributed by atoms with Crippen LogP contribution < -0.4 is 10.2 Å². The maximum atomic E-state index is 13.3. The molecule has 174 valence electrons. The summed E-state index contributed by atoms with van der Waals surface area (Å²) in [6.45, 7) is 7.80. The molecule has 0 bridgehead atoms. The summed E-state index contributed by atoms with van der Waals surface area (Å²) in [5.74, 6) is -1.34. The van der Waals surface area contributed by atoms with Gasteiger partial charge in [-0.05, 0) is 91.6 Å². The van der Waals surface area contributed by atoms with Crippen LogP contribution in [0.1, 0.15) is 28.1 Å². The van der Waals surface area contributed by atoms with E-state index >= 15 is 0 Å². The average Bonchev–Trinajstić information content (AvgIpc) is 3.11. The van der Waals surface area contributed by atoms with Gasteiger partial charge < -0.3 is 4.57 Å². The Hall–Kier alpha value is -4.45. The number of amides is 4. The van der Waals surface area contributed by atoms with Gasteiger partial charge in [-0.25, -0.2) is 9.69 Å². The molecule has 0 unspecified atom stereocenters. The molecule has 0 aliphatic carbocycles. The molecule has 1 saturated heterocycles. The van der Waals surface area contributed by atoms with Crippen molar-refractivity contribution in [2.24, 2.45) is 0 Å². The maximum Gasteiger partial charge on any atom is 0.335 e. The number of nitrogens with one attached hydrogen (secondary N) is 1. The summed E-state index contributed by atoms with van der Waals surface area (Å²) < 4.78 is 2.09. The van der Waals surface area contributed by atoms with Crippen LogP contribution in [-0.2, 0) is 9.59 Å². The van der Waals surface area contributed by atoms with Gasteiger partial charge in [-0.2, -0.15) is 0 Å². The Labute approximate surface area is 203 Å². The van der Waals surface area contributed by atoms with E-state index in [1.165, 1.54) is 0 Å². The fourth-order valence-corrected chi connectivity index (χ4v) is 4.56. The van der Waals surface area contributed by atoms with E-state index in [4.69, 9.17) is 0 Å². The molecule has 6 heteroatoms. The minimum atomic E-state index is -0.748. The van der Waals surface area contributed by atoms with Crippen LogP contribution in [0.5, 0.6) is 0 Å². The molecule has 1 fully saturated rings. The van der Waals surface area contributed by atoms with Crippen molar-refractivity contribution in [3.8, 4) is 5.69 Å². The molecule has 35 heavy (non-hydrogen) atoms. The van der Waals surface area contributed by atoms with Gasteiger partial charge >= 0.3 is 6.03 Å². The van der Waals surface area contributed by atoms with Gasteiger partial charge in [0.15, 0.2) is 0 Å². The van der Waals surface area contributed by atoms with Crippen molar-refractivity contribution in [1.29, 1.82) is 0 Å². The first-order chi connectivity index (χ1) is 16.7. The van der Waals surface area contributed by atoms with Gasteiger partial charge in [0.2, 0.25) is 0 Å². The maximum absolute atomic E-state index is 13.3. The molecule has 2 heterocycles. The standard InChI is InChI=1S/C29H25N3O3/c1-17-9-11-24(13-18(17)2)32-28(34)26(27(33)30-29(32)35)16-23-14-19(3)31(20(23)4)25-12-10-21-7-5-6-8-22(21)15-25/h5-16H,1-4H3,(H,30,33,35)/b26-16+. The Morgan fingerprint density at radius 1 is 0.743 bits per heavy atom. The highest BCUT2D eigenvalue weighted by Crippen LogP contribution is 2.28. The number of urea groups is 1. The predicted octanol–water partition coefficient (Wildman–Crippen LogP) is 5.53. The van der Waals surface area contributed by atoms with Gasteiger partial charge in [0.05, 0.1) is 5.69 Å². The number of rotatable bonds is 3. The summed E-state index contributed by atoms with van der Waals surface area (Å²) in [5, 5.41) is 4.59. The molecule has 0 spiro atoms. The van der Waals surface area contributed by atoms with Gasteiger partial charge in [-0.15, -0.1) is 0 Å². The summed E-state index contributed by atoms with van der Waals surface area (Å²) in [4.78, 5) is 39.6. The summed E-state index contributed by atoms with van der Waals surface area (Å²) in [5.41, 5.74) is 5.93. The van der Waals surface area contributed by atoms with Gasteiger partial charge in [-0.1, -0.05) is 36.4 Å². The van der Waals surface area contributed by atoms with Crippen LogP contribution in [0.15, 0.2) is 72.3 Å². The Bertz CT molecular complexity index is 1580. The molecule has 4 aromatic rings. The number of hydrogen-bond donors (Lipinski definition) is 1. The number of nitrogens with zero attached hydrogens (tertiary/aromatic N) is 2. The highest BCUT2D eigenvalue weighted by atomic mass is 16.2. The summed E-state index contributed by atoms with van der Waals surface area (Å²) >= 11 is 0. The number of fused-ring (bicyclic) bond motifs is 1. The van der Waals surface area contributed by atoms with Crippen LogP contribution >= 0.6 is 0 Å². The molecule has 1 aliphatic heterocycles. The normalized spacial score (nSPS) is 15.3. The first kappa shape index (κ1) is 22.3. The first-order valence-corrected chi connectivity index (χ1v) is 11.4. The highest BCUT2D eigenvalue weighted by molar-refractivity contribution is 6.39. The second-order valence-corrected chi connectivity index (χ2v) is 8.92. The largest absolute Gasteiger partial charge is 0.335 e. The van der Waals surface area contributed by atoms with E-state index in [0.29, 0.717) is 5.69 Å². The van der Waals surface area contributed by atoms with Crippen molar-refractivity contribution in [1.82, 2.24) is 9.88 Å². The minimum absolute atomic E-state index is 0.0819. The van der Waals surface area contributed by atoms with E-state index in [9.17, 15) is 14.4 Å². The molecular weight excluding hydrogens is 438 g/mol. The van der Waals surface area contributed by atoms with E-state index < -0.39 is 17.8 Å². The van der Waals surface area contributed by atoms with Crippen LogP contribution in [0, 0.1) is 27.7 Å². The number of benzene rings is 3. The molecule has 1 aromatic heterocycles. The first-order valence-electron chi connectivity index (χ1n) is 11.4. The third kappa shape index (κ3) is 3.83. The molecule has 1 aliphatic rings. The van der Waals surface area contributed by atoms with E-state index in [1.807, 2.05) is 52.0 Å². The second kappa shape index (κ2) is 8.40. The lowest BCUT2D eigenvalue weighted by Gasteiger charge is -2.26. The molecule has 3 aromatic carbocycles. The van der Waals surface area contributed by atoms with E-state index in [2.05, 4.69) is 40.2 Å². The quantitative estimate of drug-likeness (QED) is 0.321. The lowest BCUT2D eigenvalue weighted by Crippen LogP contribution is -2.54. The third-order valence-corrected chi connectivity index (χ3v) is 6.61. The number of hydrogen-bond acceptors (Lipinski definition) is 3. The Kier molecular flexibility index (Phi) is 5.36. The van der Waals surface area contributed by atoms with Crippen LogP contribution in [0.25, 0.3) is 22.5 Å². The lowest BCUT2D eigenvalue weighted by molar-refractivity contribution is -0.122. The highest BCUT2D eigenvalue weighted by Gasteiger charge is 2.37. The zero-order valence-corrected chi connectivity index (χ0v) is 20.0. The van der Waals surface area contributed by atoms with Gasteiger partial charge in [-0.3, -0.25) is 14.9 Å².